The van der Waals surface area contributed by atoms with Crippen molar-refractivity contribution < 1.29 is 19.1 Å². The molecule has 29 heavy (non-hydrogen) atoms. The van der Waals surface area contributed by atoms with E-state index in [0.29, 0.717) is 15.0 Å². The summed E-state index contributed by atoms with van der Waals surface area (Å²) < 4.78 is 5.73. The van der Waals surface area contributed by atoms with Gasteiger partial charge in [0.15, 0.2) is 6.61 Å². The molecule has 0 bridgehead atoms. The van der Waals surface area contributed by atoms with E-state index in [1.165, 1.54) is 11.3 Å². The zero-order valence-corrected chi connectivity index (χ0v) is 17.7. The average molecular weight is 476 g/mol. The number of nitrogens with two attached hydrogens (primary N) is 1. The maximum atomic E-state index is 12.4. The Morgan fingerprint density at radius 1 is 1.21 bits per heavy atom. The second kappa shape index (κ2) is 8.00. The highest BCUT2D eigenvalue weighted by Crippen LogP contribution is 2.37. The number of H-pyrrole nitrogens is 1. The number of hydrogen-bond donors (Lipinski definition) is 3. The fourth-order valence-electron chi connectivity index (χ4n) is 3.53. The molecule has 4 N–H and O–H groups in total. The van der Waals surface area contributed by atoms with Crippen molar-refractivity contribution in [2.45, 2.75) is 25.7 Å². The quantitative estimate of drug-likeness (QED) is 0.487. The molecule has 0 saturated carbocycles. The van der Waals surface area contributed by atoms with E-state index in [1.54, 1.807) is 0 Å². The lowest BCUT2D eigenvalue weighted by atomic mass is 9.95. The smallest absolute Gasteiger partial charge is 0.356 e. The topological polar surface area (TPSA) is 114 Å². The molecule has 150 valence electrons. The molecule has 9 heteroatoms. The number of nitrogens with one attached hydrogen (secondary N) is 2. The molecule has 1 aliphatic carbocycles. The van der Waals surface area contributed by atoms with Crippen molar-refractivity contribution >= 4 is 61.0 Å². The molecule has 0 unspecified atom stereocenters. The Morgan fingerprint density at radius 2 is 1.97 bits per heavy atom. The van der Waals surface area contributed by atoms with Crippen LogP contribution >= 0.6 is 27.3 Å². The zero-order chi connectivity index (χ0) is 20.5. The van der Waals surface area contributed by atoms with Crippen LogP contribution in [0.2, 0.25) is 0 Å². The minimum absolute atomic E-state index is 0.239. The molecule has 2 amide bonds. The summed E-state index contributed by atoms with van der Waals surface area (Å²) in [7, 11) is 0. The van der Waals surface area contributed by atoms with E-state index in [-0.39, 0.29) is 5.69 Å². The van der Waals surface area contributed by atoms with Crippen LogP contribution < -0.4 is 11.1 Å². The van der Waals surface area contributed by atoms with Gasteiger partial charge < -0.3 is 20.8 Å². The van der Waals surface area contributed by atoms with Gasteiger partial charge >= 0.3 is 5.97 Å². The molecule has 2 heterocycles. The van der Waals surface area contributed by atoms with Crippen LogP contribution in [-0.2, 0) is 22.4 Å². The molecule has 4 rings (SSSR count). The molecule has 0 aliphatic heterocycles. The number of carbonyl (C=O) groups excluding carboxylic acids is 3. The Bertz CT molecular complexity index is 1130. The number of hydrogen-bond acceptors (Lipinski definition) is 5. The summed E-state index contributed by atoms with van der Waals surface area (Å²) in [5.41, 5.74) is 7.87. The third-order valence-corrected chi connectivity index (χ3v) is 6.88. The first-order valence-corrected chi connectivity index (χ1v) is 10.7. The molecule has 1 aliphatic rings. The van der Waals surface area contributed by atoms with Gasteiger partial charge in [0.1, 0.15) is 10.7 Å². The van der Waals surface area contributed by atoms with Gasteiger partial charge in [-0.05, 0) is 53.2 Å². The van der Waals surface area contributed by atoms with Gasteiger partial charge in [0, 0.05) is 15.8 Å². The van der Waals surface area contributed by atoms with Crippen LogP contribution in [0.5, 0.6) is 0 Å². The van der Waals surface area contributed by atoms with Crippen molar-refractivity contribution in [1.29, 1.82) is 0 Å². The molecule has 3 aromatic rings. The summed E-state index contributed by atoms with van der Waals surface area (Å²) in [4.78, 5) is 40.7. The van der Waals surface area contributed by atoms with E-state index in [9.17, 15) is 14.4 Å². The maximum absolute atomic E-state index is 12.4. The van der Waals surface area contributed by atoms with Crippen LogP contribution in [0.25, 0.3) is 10.9 Å². The van der Waals surface area contributed by atoms with Gasteiger partial charge in [0.25, 0.3) is 11.8 Å². The number of thiophene rings is 1. The number of rotatable bonds is 5. The van der Waals surface area contributed by atoms with Crippen molar-refractivity contribution in [3.63, 3.8) is 0 Å². The van der Waals surface area contributed by atoms with Gasteiger partial charge in [-0.1, -0.05) is 18.2 Å². The van der Waals surface area contributed by atoms with E-state index < -0.39 is 24.4 Å². The molecule has 7 nitrogen and oxygen atoms in total. The van der Waals surface area contributed by atoms with E-state index in [0.717, 1.165) is 47.0 Å². The number of carbonyl (C=O) groups is 3. The zero-order valence-electron chi connectivity index (χ0n) is 15.3. The lowest BCUT2D eigenvalue weighted by Crippen LogP contribution is -2.23. The molecule has 0 fully saturated rings. The van der Waals surface area contributed by atoms with Gasteiger partial charge in [-0.3, -0.25) is 9.59 Å². The Hall–Kier alpha value is -2.65. The van der Waals surface area contributed by atoms with Gasteiger partial charge in [-0.25, -0.2) is 4.79 Å². The Morgan fingerprint density at radius 3 is 2.72 bits per heavy atom. The van der Waals surface area contributed by atoms with Gasteiger partial charge in [-0.15, -0.1) is 11.3 Å². The van der Waals surface area contributed by atoms with Crippen LogP contribution in [0.4, 0.5) is 5.00 Å². The fourth-order valence-corrected chi connectivity index (χ4v) is 5.45. The number of halogens is 1. The largest absolute Gasteiger partial charge is 0.451 e. The maximum Gasteiger partial charge on any atom is 0.356 e. The van der Waals surface area contributed by atoms with Crippen LogP contribution in [0.15, 0.2) is 28.7 Å². The number of amides is 2. The molecule has 0 atom stereocenters. The summed E-state index contributed by atoms with van der Waals surface area (Å²) in [6, 6.07) is 7.42. The third-order valence-electron chi connectivity index (χ3n) is 4.85. The Kier molecular flexibility index (Phi) is 5.42. The number of aryl methyl sites for hydroxylation is 1. The van der Waals surface area contributed by atoms with Crippen LogP contribution in [-0.4, -0.2) is 29.4 Å². The van der Waals surface area contributed by atoms with Crippen molar-refractivity contribution in [3.8, 4) is 0 Å². The lowest BCUT2D eigenvalue weighted by Gasteiger charge is -2.11. The van der Waals surface area contributed by atoms with Crippen molar-refractivity contribution in [3.05, 3.63) is 50.4 Å². The van der Waals surface area contributed by atoms with E-state index in [2.05, 4.69) is 26.2 Å². The Labute approximate surface area is 178 Å². The number of esters is 1. The molecule has 0 saturated heterocycles. The predicted octanol–water partition coefficient (Wildman–Crippen LogP) is 3.77. The van der Waals surface area contributed by atoms with Crippen LogP contribution in [0.3, 0.4) is 0 Å². The number of ether oxygens (including phenoxy) is 1. The third kappa shape index (κ3) is 3.79. The number of anilines is 1. The van der Waals surface area contributed by atoms with E-state index in [4.69, 9.17) is 10.5 Å². The van der Waals surface area contributed by atoms with Crippen LogP contribution in [0.1, 0.15) is 44.1 Å². The summed E-state index contributed by atoms with van der Waals surface area (Å²) in [6.07, 6.45) is 3.70. The van der Waals surface area contributed by atoms with Crippen molar-refractivity contribution in [2.75, 3.05) is 11.9 Å². The van der Waals surface area contributed by atoms with Crippen LogP contribution in [0, 0.1) is 0 Å². The average Bonchev–Trinajstić information content (AvgIpc) is 3.24. The summed E-state index contributed by atoms with van der Waals surface area (Å²) in [6.45, 7) is -0.471. The molecular formula is C20H18BrN3O4S. The van der Waals surface area contributed by atoms with Gasteiger partial charge in [0.2, 0.25) is 0 Å². The first-order chi connectivity index (χ1) is 14.0. The second-order valence-electron chi connectivity index (χ2n) is 6.76. The first-order valence-electron chi connectivity index (χ1n) is 9.13. The highest BCUT2D eigenvalue weighted by atomic mass is 79.9. The number of para-hydroxylation sites is 1. The molecule has 0 radical (unpaired) electrons. The number of aromatic amines is 1. The second-order valence-corrected chi connectivity index (χ2v) is 8.66. The Balaban J connectivity index is 1.45. The van der Waals surface area contributed by atoms with Crippen molar-refractivity contribution in [1.82, 2.24) is 4.98 Å². The van der Waals surface area contributed by atoms with Crippen molar-refractivity contribution in [2.24, 2.45) is 5.73 Å². The highest BCUT2D eigenvalue weighted by molar-refractivity contribution is 9.10. The minimum atomic E-state index is -0.649. The number of aromatic nitrogens is 1. The van der Waals surface area contributed by atoms with E-state index in [1.807, 2.05) is 24.3 Å². The summed E-state index contributed by atoms with van der Waals surface area (Å²) >= 11 is 4.76. The van der Waals surface area contributed by atoms with Gasteiger partial charge in [0.05, 0.1) is 10.0 Å². The normalized spacial score (nSPS) is 13.1. The standard InChI is InChI=1S/C20H18BrN3O4S/c21-16-10-5-1-3-7-12(10)23-17(16)20(27)28-9-14(25)24-19-15(18(22)26)11-6-2-4-8-13(11)29-19/h1,3,5,7,23H,2,4,6,8-9H2,(H2,22,26)(H,24,25). The van der Waals surface area contributed by atoms with Gasteiger partial charge in [-0.2, -0.15) is 0 Å². The molecule has 2 aromatic heterocycles. The SMILES string of the molecule is NC(=O)c1c(NC(=O)COC(=O)c2[nH]c3ccccc3c2Br)sc2c1CCCC2. The minimum Gasteiger partial charge on any atom is -0.451 e. The number of primary amides is 1. The fraction of sp³-hybridized carbons (Fsp3) is 0.250. The van der Waals surface area contributed by atoms with E-state index >= 15 is 0 Å². The lowest BCUT2D eigenvalue weighted by molar-refractivity contribution is -0.119. The number of benzene rings is 1. The predicted molar refractivity (Wildman–Crippen MR) is 114 cm³/mol. The first kappa shape index (κ1) is 19.7. The molecule has 0 spiro atoms. The highest BCUT2D eigenvalue weighted by Gasteiger charge is 2.25. The monoisotopic (exact) mass is 475 g/mol. The summed E-state index contributed by atoms with van der Waals surface area (Å²) in [5, 5.41) is 3.95. The summed E-state index contributed by atoms with van der Waals surface area (Å²) in [5.74, 6) is -1.73. The molecular weight excluding hydrogens is 458 g/mol. The number of fused-ring (bicyclic) bond motifs is 2. The molecule has 1 aromatic carbocycles.